The highest BCUT2D eigenvalue weighted by Crippen LogP contribution is 2.25. The van der Waals surface area contributed by atoms with Gasteiger partial charge < -0.3 is 4.90 Å². The fourth-order valence-corrected chi connectivity index (χ4v) is 3.80. The van der Waals surface area contributed by atoms with Gasteiger partial charge in [0.25, 0.3) is 0 Å². The maximum absolute atomic E-state index is 11.5. The van der Waals surface area contributed by atoms with E-state index in [0.29, 0.717) is 5.92 Å². The van der Waals surface area contributed by atoms with E-state index in [1.807, 2.05) is 18.0 Å². The van der Waals surface area contributed by atoms with E-state index in [1.54, 1.807) is 18.3 Å². The molecule has 2 aromatic heterocycles. The first-order valence-electron chi connectivity index (χ1n) is 7.75. The molecule has 1 atom stereocenters. The summed E-state index contributed by atoms with van der Waals surface area (Å²) in [7, 11) is 0. The Balaban J connectivity index is 1.71. The summed E-state index contributed by atoms with van der Waals surface area (Å²) in [6.45, 7) is 5.45. The molecule has 1 amide bonds. The van der Waals surface area contributed by atoms with Gasteiger partial charge in [-0.15, -0.1) is 11.3 Å². The SMILES string of the molecule is CC(=O)N1CCCC(Cc2ccnc(-c3nc(C)cs3)c2)C1. The average molecular weight is 315 g/mol. The summed E-state index contributed by atoms with van der Waals surface area (Å²) >= 11 is 1.64. The third kappa shape index (κ3) is 3.53. The number of amides is 1. The van der Waals surface area contributed by atoms with Crippen LogP contribution in [0.2, 0.25) is 0 Å². The van der Waals surface area contributed by atoms with Gasteiger partial charge in [0.1, 0.15) is 5.01 Å². The number of rotatable bonds is 3. The molecule has 1 saturated heterocycles. The number of pyridine rings is 1. The quantitative estimate of drug-likeness (QED) is 0.873. The van der Waals surface area contributed by atoms with Crippen LogP contribution < -0.4 is 0 Å². The molecule has 0 radical (unpaired) electrons. The summed E-state index contributed by atoms with van der Waals surface area (Å²) in [5.74, 6) is 0.740. The van der Waals surface area contributed by atoms with Gasteiger partial charge in [0, 0.05) is 37.3 Å². The molecule has 2 aromatic rings. The fraction of sp³-hybridized carbons (Fsp3) is 0.471. The van der Waals surface area contributed by atoms with Crippen LogP contribution in [0.25, 0.3) is 10.7 Å². The number of hydrogen-bond acceptors (Lipinski definition) is 4. The number of nitrogens with zero attached hydrogens (tertiary/aromatic N) is 3. The van der Waals surface area contributed by atoms with Crippen molar-refractivity contribution in [1.82, 2.24) is 14.9 Å². The van der Waals surface area contributed by atoms with Gasteiger partial charge >= 0.3 is 0 Å². The molecule has 0 spiro atoms. The summed E-state index contributed by atoms with van der Waals surface area (Å²) in [6, 6.07) is 4.22. The number of thiazole rings is 1. The van der Waals surface area contributed by atoms with Crippen LogP contribution in [0.4, 0.5) is 0 Å². The lowest BCUT2D eigenvalue weighted by molar-refractivity contribution is -0.130. The number of aryl methyl sites for hydroxylation is 1. The van der Waals surface area contributed by atoms with Crippen LogP contribution in [0.3, 0.4) is 0 Å². The third-order valence-electron chi connectivity index (χ3n) is 4.15. The zero-order valence-corrected chi connectivity index (χ0v) is 13.9. The molecule has 22 heavy (non-hydrogen) atoms. The Hall–Kier alpha value is -1.75. The van der Waals surface area contributed by atoms with Gasteiger partial charge in [-0.2, -0.15) is 0 Å². The van der Waals surface area contributed by atoms with Crippen molar-refractivity contribution in [2.24, 2.45) is 5.92 Å². The first kappa shape index (κ1) is 15.2. The number of carbonyl (C=O) groups is 1. The van der Waals surface area contributed by atoms with Crippen LogP contribution in [0.15, 0.2) is 23.7 Å². The van der Waals surface area contributed by atoms with Gasteiger partial charge in [0.2, 0.25) is 5.91 Å². The van der Waals surface area contributed by atoms with E-state index in [2.05, 4.69) is 27.5 Å². The molecule has 3 heterocycles. The minimum atomic E-state index is 0.193. The van der Waals surface area contributed by atoms with Crippen molar-refractivity contribution >= 4 is 17.2 Å². The van der Waals surface area contributed by atoms with Gasteiger partial charge in [0.05, 0.1) is 5.69 Å². The maximum Gasteiger partial charge on any atom is 0.219 e. The van der Waals surface area contributed by atoms with Gasteiger partial charge in [-0.1, -0.05) is 0 Å². The van der Waals surface area contributed by atoms with E-state index in [0.717, 1.165) is 42.3 Å². The van der Waals surface area contributed by atoms with Crippen molar-refractivity contribution in [3.05, 3.63) is 35.0 Å². The molecule has 1 unspecified atom stereocenters. The van der Waals surface area contributed by atoms with Crippen molar-refractivity contribution in [2.75, 3.05) is 13.1 Å². The molecular weight excluding hydrogens is 294 g/mol. The smallest absolute Gasteiger partial charge is 0.219 e. The zero-order valence-electron chi connectivity index (χ0n) is 13.1. The van der Waals surface area contributed by atoms with Crippen molar-refractivity contribution in [1.29, 1.82) is 0 Å². The number of likely N-dealkylation sites (tertiary alicyclic amines) is 1. The Morgan fingerprint density at radius 3 is 3.09 bits per heavy atom. The van der Waals surface area contributed by atoms with E-state index >= 15 is 0 Å². The molecule has 0 aromatic carbocycles. The molecule has 1 fully saturated rings. The van der Waals surface area contributed by atoms with E-state index in [4.69, 9.17) is 0 Å². The molecule has 1 aliphatic heterocycles. The first-order valence-corrected chi connectivity index (χ1v) is 8.63. The van der Waals surface area contributed by atoms with E-state index in [-0.39, 0.29) is 5.91 Å². The van der Waals surface area contributed by atoms with E-state index < -0.39 is 0 Å². The summed E-state index contributed by atoms with van der Waals surface area (Å²) in [5, 5.41) is 3.03. The van der Waals surface area contributed by atoms with Crippen LogP contribution in [-0.4, -0.2) is 33.9 Å². The van der Waals surface area contributed by atoms with E-state index in [1.165, 1.54) is 12.0 Å². The molecule has 0 saturated carbocycles. The lowest BCUT2D eigenvalue weighted by Crippen LogP contribution is -2.39. The predicted octanol–water partition coefficient (Wildman–Crippen LogP) is 3.31. The lowest BCUT2D eigenvalue weighted by atomic mass is 9.91. The second-order valence-electron chi connectivity index (χ2n) is 6.02. The molecule has 0 bridgehead atoms. The zero-order chi connectivity index (χ0) is 15.5. The van der Waals surface area contributed by atoms with Crippen LogP contribution in [0.1, 0.15) is 31.0 Å². The highest BCUT2D eigenvalue weighted by molar-refractivity contribution is 7.13. The maximum atomic E-state index is 11.5. The normalized spacial score (nSPS) is 18.5. The second-order valence-corrected chi connectivity index (χ2v) is 6.88. The lowest BCUT2D eigenvalue weighted by Gasteiger charge is -2.32. The Morgan fingerprint density at radius 1 is 1.50 bits per heavy atom. The van der Waals surface area contributed by atoms with Crippen molar-refractivity contribution < 1.29 is 4.79 Å². The fourth-order valence-electron chi connectivity index (χ4n) is 3.04. The Labute approximate surface area is 135 Å². The number of hydrogen-bond donors (Lipinski definition) is 0. The minimum Gasteiger partial charge on any atom is -0.343 e. The van der Waals surface area contributed by atoms with Gasteiger partial charge in [0.15, 0.2) is 0 Å². The number of carbonyl (C=O) groups excluding carboxylic acids is 1. The predicted molar refractivity (Wildman–Crippen MR) is 88.8 cm³/mol. The van der Waals surface area contributed by atoms with Crippen LogP contribution in [0.5, 0.6) is 0 Å². The highest BCUT2D eigenvalue weighted by atomic mass is 32.1. The average Bonchev–Trinajstić information content (AvgIpc) is 2.94. The number of aromatic nitrogens is 2. The summed E-state index contributed by atoms with van der Waals surface area (Å²) in [4.78, 5) is 22.5. The first-order chi connectivity index (χ1) is 10.6. The molecule has 1 aliphatic rings. The molecule has 0 N–H and O–H groups in total. The van der Waals surface area contributed by atoms with Gasteiger partial charge in [-0.25, -0.2) is 4.98 Å². The monoisotopic (exact) mass is 315 g/mol. The van der Waals surface area contributed by atoms with Crippen LogP contribution in [0, 0.1) is 12.8 Å². The minimum absolute atomic E-state index is 0.193. The Kier molecular flexibility index (Phi) is 4.52. The molecule has 5 heteroatoms. The van der Waals surface area contributed by atoms with Crippen molar-refractivity contribution in [3.8, 4) is 10.7 Å². The largest absolute Gasteiger partial charge is 0.343 e. The van der Waals surface area contributed by atoms with E-state index in [9.17, 15) is 4.79 Å². The standard InChI is InChI=1S/C17H21N3OS/c1-12-11-22-17(19-12)16-9-14(5-6-18-16)8-15-4-3-7-20(10-15)13(2)21/h5-6,9,11,15H,3-4,7-8,10H2,1-2H3. The molecule has 3 rings (SSSR count). The Bertz CT molecular complexity index is 667. The Morgan fingerprint density at radius 2 is 2.36 bits per heavy atom. The van der Waals surface area contributed by atoms with Gasteiger partial charge in [-0.05, 0) is 49.8 Å². The summed E-state index contributed by atoms with van der Waals surface area (Å²) in [5.41, 5.74) is 3.28. The topological polar surface area (TPSA) is 46.1 Å². The second kappa shape index (κ2) is 6.57. The molecule has 0 aliphatic carbocycles. The van der Waals surface area contributed by atoms with Gasteiger partial charge in [-0.3, -0.25) is 9.78 Å². The van der Waals surface area contributed by atoms with Crippen LogP contribution >= 0.6 is 11.3 Å². The van der Waals surface area contributed by atoms with Crippen molar-refractivity contribution in [2.45, 2.75) is 33.1 Å². The highest BCUT2D eigenvalue weighted by Gasteiger charge is 2.21. The summed E-state index contributed by atoms with van der Waals surface area (Å²) in [6.07, 6.45) is 5.17. The molecular formula is C17H21N3OS. The number of piperidine rings is 1. The van der Waals surface area contributed by atoms with Crippen LogP contribution in [-0.2, 0) is 11.2 Å². The third-order valence-corrected chi connectivity index (χ3v) is 5.13. The molecule has 116 valence electrons. The summed E-state index contributed by atoms with van der Waals surface area (Å²) < 4.78 is 0. The van der Waals surface area contributed by atoms with Crippen molar-refractivity contribution in [3.63, 3.8) is 0 Å². The molecule has 4 nitrogen and oxygen atoms in total.